The van der Waals surface area contributed by atoms with Gasteiger partial charge in [-0.2, -0.15) is 0 Å². The summed E-state index contributed by atoms with van der Waals surface area (Å²) in [4.78, 5) is 41.6. The highest BCUT2D eigenvalue weighted by atomic mass is 32.2. The van der Waals surface area contributed by atoms with Gasteiger partial charge < -0.3 is 15.4 Å². The number of hydrogen-bond donors (Lipinski definition) is 2. The lowest BCUT2D eigenvalue weighted by molar-refractivity contribution is -0.115. The molecular weight excluding hydrogens is 577 g/mol. The lowest BCUT2D eigenvalue weighted by atomic mass is 9.83. The Labute approximate surface area is 261 Å². The number of carbonyl (C=O) groups excluding carboxylic acids is 3. The lowest BCUT2D eigenvalue weighted by Gasteiger charge is -2.23. The molecule has 1 aliphatic carbocycles. The molecule has 5 rings (SSSR count). The molecule has 222 valence electrons. The highest BCUT2D eigenvalue weighted by Gasteiger charge is 2.32. The van der Waals surface area contributed by atoms with Crippen LogP contribution in [0, 0.1) is 6.92 Å². The predicted molar refractivity (Wildman–Crippen MR) is 176 cm³/mol. The van der Waals surface area contributed by atoms with Gasteiger partial charge in [0.1, 0.15) is 5.00 Å². The Kier molecular flexibility index (Phi) is 10.00. The van der Waals surface area contributed by atoms with Crippen LogP contribution in [0.2, 0.25) is 0 Å². The first-order valence-corrected chi connectivity index (χ1v) is 16.4. The number of aryl methyl sites for hydroxylation is 1. The molecule has 8 heteroatoms. The van der Waals surface area contributed by atoms with Crippen LogP contribution in [0.4, 0.5) is 10.7 Å². The molecule has 43 heavy (non-hydrogen) atoms. The van der Waals surface area contributed by atoms with E-state index in [2.05, 4.69) is 34.9 Å². The topological polar surface area (TPSA) is 84.5 Å². The molecule has 2 unspecified atom stereocenters. The zero-order valence-electron chi connectivity index (χ0n) is 24.6. The summed E-state index contributed by atoms with van der Waals surface area (Å²) in [5.41, 5.74) is 4.99. The van der Waals surface area contributed by atoms with E-state index in [0.717, 1.165) is 40.2 Å². The zero-order chi connectivity index (χ0) is 30.3. The second kappa shape index (κ2) is 14.1. The summed E-state index contributed by atoms with van der Waals surface area (Å²) in [6.45, 7) is 5.94. The van der Waals surface area contributed by atoms with Crippen LogP contribution in [-0.2, 0) is 22.4 Å². The summed E-state index contributed by atoms with van der Waals surface area (Å²) in [5.74, 6) is -0.340. The van der Waals surface area contributed by atoms with Gasteiger partial charge in [0.25, 0.3) is 5.91 Å². The Morgan fingerprint density at radius 2 is 1.74 bits per heavy atom. The number of hydrogen-bond acceptors (Lipinski definition) is 6. The number of ether oxygens (including phenoxy) is 1. The molecule has 0 aliphatic heterocycles. The fourth-order valence-corrected chi connectivity index (χ4v) is 7.79. The van der Waals surface area contributed by atoms with E-state index in [1.807, 2.05) is 62.4 Å². The van der Waals surface area contributed by atoms with Crippen molar-refractivity contribution in [1.82, 2.24) is 0 Å². The smallest absolute Gasteiger partial charge is 0.341 e. The molecule has 0 radical (unpaired) electrons. The molecule has 1 heterocycles. The maximum Gasteiger partial charge on any atom is 0.341 e. The van der Waals surface area contributed by atoms with Crippen LogP contribution in [0.3, 0.4) is 0 Å². The van der Waals surface area contributed by atoms with Crippen molar-refractivity contribution in [2.75, 3.05) is 17.2 Å². The Morgan fingerprint density at radius 3 is 2.49 bits per heavy atom. The van der Waals surface area contributed by atoms with Crippen molar-refractivity contribution in [2.24, 2.45) is 0 Å². The summed E-state index contributed by atoms with van der Waals surface area (Å²) in [5, 5.41) is 6.24. The number of fused-ring (bicyclic) bond motifs is 1. The van der Waals surface area contributed by atoms with Crippen molar-refractivity contribution >= 4 is 51.6 Å². The van der Waals surface area contributed by atoms with Crippen molar-refractivity contribution in [3.63, 3.8) is 0 Å². The first-order valence-electron chi connectivity index (χ1n) is 14.7. The highest BCUT2D eigenvalue weighted by Crippen LogP contribution is 2.43. The summed E-state index contributed by atoms with van der Waals surface area (Å²) >= 11 is 2.93. The van der Waals surface area contributed by atoms with Gasteiger partial charge in [-0.1, -0.05) is 61.5 Å². The second-order valence-corrected chi connectivity index (χ2v) is 13.0. The molecule has 1 aliphatic rings. The number of carbonyl (C=O) groups is 3. The normalized spacial score (nSPS) is 14.8. The molecule has 2 N–H and O–H groups in total. The van der Waals surface area contributed by atoms with Crippen LogP contribution in [-0.4, -0.2) is 29.6 Å². The van der Waals surface area contributed by atoms with Crippen molar-refractivity contribution in [2.45, 2.75) is 62.5 Å². The van der Waals surface area contributed by atoms with Gasteiger partial charge in [0.2, 0.25) is 5.91 Å². The van der Waals surface area contributed by atoms with E-state index in [-0.39, 0.29) is 24.4 Å². The quantitative estimate of drug-likeness (QED) is 0.139. The van der Waals surface area contributed by atoms with Gasteiger partial charge in [-0.3, -0.25) is 9.59 Å². The van der Waals surface area contributed by atoms with Crippen LogP contribution in [0.1, 0.15) is 74.9 Å². The summed E-state index contributed by atoms with van der Waals surface area (Å²) in [6.07, 6.45) is 3.13. The fraction of sp³-hybridized carbons (Fsp3) is 0.286. The predicted octanol–water partition coefficient (Wildman–Crippen LogP) is 8.27. The zero-order valence-corrected chi connectivity index (χ0v) is 26.3. The highest BCUT2D eigenvalue weighted by molar-refractivity contribution is 8.00. The average Bonchev–Trinajstić information content (AvgIpc) is 3.37. The average molecular weight is 613 g/mol. The number of amides is 2. The molecular formula is C35H36N2O4S2. The second-order valence-electron chi connectivity index (χ2n) is 10.6. The summed E-state index contributed by atoms with van der Waals surface area (Å²) < 4.78 is 5.43. The van der Waals surface area contributed by atoms with Crippen molar-refractivity contribution in [1.29, 1.82) is 0 Å². The van der Waals surface area contributed by atoms with Crippen LogP contribution in [0.25, 0.3) is 0 Å². The minimum absolute atomic E-state index is 0.161. The van der Waals surface area contributed by atoms with Crippen LogP contribution in [0.15, 0.2) is 83.8 Å². The van der Waals surface area contributed by atoms with Crippen molar-refractivity contribution in [3.8, 4) is 0 Å². The van der Waals surface area contributed by atoms with E-state index < -0.39 is 5.25 Å². The monoisotopic (exact) mass is 612 g/mol. The third-order valence-corrected chi connectivity index (χ3v) is 10.2. The molecule has 3 aromatic carbocycles. The van der Waals surface area contributed by atoms with E-state index in [1.54, 1.807) is 13.0 Å². The molecule has 0 bridgehead atoms. The van der Waals surface area contributed by atoms with E-state index >= 15 is 0 Å². The molecule has 0 spiro atoms. The Bertz CT molecular complexity index is 1620. The molecule has 0 fully saturated rings. The number of benzene rings is 3. The van der Waals surface area contributed by atoms with E-state index in [4.69, 9.17) is 4.74 Å². The van der Waals surface area contributed by atoms with Gasteiger partial charge in [-0.15, -0.1) is 23.1 Å². The minimum Gasteiger partial charge on any atom is -0.462 e. The maximum absolute atomic E-state index is 13.6. The molecule has 2 amide bonds. The molecule has 6 nitrogen and oxygen atoms in total. The fourth-order valence-electron chi connectivity index (χ4n) is 5.46. The first kappa shape index (κ1) is 30.6. The van der Waals surface area contributed by atoms with Crippen LogP contribution < -0.4 is 10.6 Å². The van der Waals surface area contributed by atoms with E-state index in [9.17, 15) is 14.4 Å². The molecule has 2 atom stereocenters. The van der Waals surface area contributed by atoms with Gasteiger partial charge in [0, 0.05) is 21.0 Å². The lowest BCUT2D eigenvalue weighted by Crippen LogP contribution is -2.25. The van der Waals surface area contributed by atoms with Crippen molar-refractivity contribution in [3.05, 3.63) is 112 Å². The Hall–Kier alpha value is -3.88. The first-order chi connectivity index (χ1) is 20.9. The van der Waals surface area contributed by atoms with E-state index in [1.165, 1.54) is 28.7 Å². The van der Waals surface area contributed by atoms with Crippen molar-refractivity contribution < 1.29 is 19.1 Å². The number of esters is 1. The summed E-state index contributed by atoms with van der Waals surface area (Å²) in [6, 6.07) is 25.4. The van der Waals surface area contributed by atoms with E-state index in [0.29, 0.717) is 34.2 Å². The van der Waals surface area contributed by atoms with Crippen LogP contribution >= 0.6 is 23.1 Å². The molecule has 4 aromatic rings. The molecule has 0 saturated carbocycles. The summed E-state index contributed by atoms with van der Waals surface area (Å²) in [7, 11) is 0. The minimum atomic E-state index is -0.395. The molecule has 1 aromatic heterocycles. The number of anilines is 2. The number of thioether (sulfide) groups is 1. The van der Waals surface area contributed by atoms with Gasteiger partial charge in [-0.25, -0.2) is 4.79 Å². The Balaban J connectivity index is 1.32. The maximum atomic E-state index is 13.6. The van der Waals surface area contributed by atoms with Gasteiger partial charge in [0.05, 0.1) is 17.4 Å². The van der Waals surface area contributed by atoms with Gasteiger partial charge >= 0.3 is 5.97 Å². The number of thiophene rings is 1. The largest absolute Gasteiger partial charge is 0.462 e. The van der Waals surface area contributed by atoms with Crippen LogP contribution in [0.5, 0.6) is 0 Å². The SMILES string of the molecule is CCOC(=O)c1c(NC(=O)C(CC)Sc2cccc(NC(=O)c3ccccc3C)c2)sc2c1CCC(c1ccccc1)C2. The third-order valence-electron chi connectivity index (χ3n) is 7.68. The molecule has 0 saturated heterocycles. The Morgan fingerprint density at radius 1 is 0.977 bits per heavy atom. The van der Waals surface area contributed by atoms with Gasteiger partial charge in [0.15, 0.2) is 0 Å². The number of nitrogens with one attached hydrogen (secondary N) is 2. The number of rotatable bonds is 10. The van der Waals surface area contributed by atoms with Gasteiger partial charge in [-0.05, 0) is 86.4 Å². The standard InChI is InChI=1S/C35H36N2O4S2/c1-4-29(42-26-16-11-15-25(21-26)36-32(38)27-17-10-9-12-22(27)3)33(39)37-34-31(35(40)41-5-2)28-19-18-24(20-30(28)43-34)23-13-7-6-8-14-23/h6-17,21,24,29H,4-5,18-20H2,1-3H3,(H,36,38)(H,37,39). The third kappa shape index (κ3) is 7.20.